The highest BCUT2D eigenvalue weighted by atomic mass is 16.2. The van der Waals surface area contributed by atoms with Gasteiger partial charge in [-0.3, -0.25) is 4.98 Å². The minimum Gasteiger partial charge on any atom is -0.399 e. The summed E-state index contributed by atoms with van der Waals surface area (Å²) in [4.78, 5) is 17.4. The average Bonchev–Trinajstić information content (AvgIpc) is 2.43. The lowest BCUT2D eigenvalue weighted by Crippen LogP contribution is -2.37. The van der Waals surface area contributed by atoms with Crippen molar-refractivity contribution in [2.24, 2.45) is 0 Å². The van der Waals surface area contributed by atoms with E-state index in [4.69, 9.17) is 5.73 Å². The minimum atomic E-state index is -0.100. The van der Waals surface area contributed by atoms with Crippen LogP contribution in [-0.4, -0.2) is 43.1 Å². The predicted molar refractivity (Wildman–Crippen MR) is 86.5 cm³/mol. The quantitative estimate of drug-likeness (QED) is 0.591. The van der Waals surface area contributed by atoms with E-state index in [-0.39, 0.29) is 6.03 Å². The summed E-state index contributed by atoms with van der Waals surface area (Å²) in [5.41, 5.74) is 9.37. The van der Waals surface area contributed by atoms with Gasteiger partial charge in [0.15, 0.2) is 0 Å². The summed E-state index contributed by atoms with van der Waals surface area (Å²) in [6.07, 6.45) is 0. The van der Waals surface area contributed by atoms with E-state index >= 15 is 0 Å². The molecule has 0 radical (unpaired) electrons. The minimum absolute atomic E-state index is 0.100. The summed E-state index contributed by atoms with van der Waals surface area (Å²) in [5, 5.41) is 7.12. The molecule has 0 aliphatic rings. The molecule has 0 atom stereocenters. The molecule has 2 amide bonds. The third-order valence-electron chi connectivity index (χ3n) is 3.08. The molecule has 2 rings (SSSR count). The average molecular weight is 287 g/mol. The van der Waals surface area contributed by atoms with Crippen molar-refractivity contribution in [3.8, 4) is 0 Å². The molecule has 1 aromatic heterocycles. The molecule has 112 valence electrons. The summed E-state index contributed by atoms with van der Waals surface area (Å²) in [6, 6.07) is 7.54. The van der Waals surface area contributed by atoms with E-state index < -0.39 is 0 Å². The molecule has 1 aromatic carbocycles. The second-order valence-electron chi connectivity index (χ2n) is 5.14. The van der Waals surface area contributed by atoms with Gasteiger partial charge in [-0.1, -0.05) is 0 Å². The van der Waals surface area contributed by atoms with E-state index in [1.54, 1.807) is 14.1 Å². The first-order valence-corrected chi connectivity index (χ1v) is 6.83. The van der Waals surface area contributed by atoms with Gasteiger partial charge in [0.1, 0.15) is 0 Å². The molecular formula is C15H21N5O. The Hall–Kier alpha value is -2.50. The fourth-order valence-corrected chi connectivity index (χ4v) is 2.05. The molecule has 21 heavy (non-hydrogen) atoms. The summed E-state index contributed by atoms with van der Waals surface area (Å²) < 4.78 is 0. The van der Waals surface area contributed by atoms with Gasteiger partial charge >= 0.3 is 6.03 Å². The molecule has 0 aliphatic heterocycles. The fourth-order valence-electron chi connectivity index (χ4n) is 2.05. The molecule has 0 saturated carbocycles. The molecular weight excluding hydrogens is 266 g/mol. The number of anilines is 2. The number of fused-ring (bicyclic) bond motifs is 1. The summed E-state index contributed by atoms with van der Waals surface area (Å²) >= 11 is 0. The lowest BCUT2D eigenvalue weighted by atomic mass is 10.1. The van der Waals surface area contributed by atoms with E-state index in [0.29, 0.717) is 18.8 Å². The van der Waals surface area contributed by atoms with Gasteiger partial charge in [0.05, 0.1) is 5.52 Å². The first kappa shape index (κ1) is 14.9. The van der Waals surface area contributed by atoms with Crippen molar-refractivity contribution in [2.45, 2.75) is 6.92 Å². The number of nitrogen functional groups attached to an aromatic ring is 1. The molecule has 0 saturated heterocycles. The topological polar surface area (TPSA) is 83.3 Å². The smallest absolute Gasteiger partial charge is 0.316 e. The van der Waals surface area contributed by atoms with Gasteiger partial charge in [-0.2, -0.15) is 0 Å². The largest absolute Gasteiger partial charge is 0.399 e. The number of carbonyl (C=O) groups is 1. The third kappa shape index (κ3) is 3.75. The van der Waals surface area contributed by atoms with Crippen molar-refractivity contribution in [1.82, 2.24) is 15.2 Å². The van der Waals surface area contributed by atoms with Crippen LogP contribution >= 0.6 is 0 Å². The number of nitrogens with two attached hydrogens (primary N) is 1. The van der Waals surface area contributed by atoms with Crippen LogP contribution in [0, 0.1) is 6.92 Å². The van der Waals surface area contributed by atoms with Crippen LogP contribution in [0.5, 0.6) is 0 Å². The Kier molecular flexibility index (Phi) is 4.47. The molecule has 0 aliphatic carbocycles. The van der Waals surface area contributed by atoms with Crippen molar-refractivity contribution >= 4 is 28.3 Å². The maximum absolute atomic E-state index is 11.4. The maximum Gasteiger partial charge on any atom is 0.316 e. The standard InChI is InChI=1S/C15H21N5O/c1-10-8-14(17-6-7-18-15(21)20(2)3)12-9-11(16)4-5-13(12)19-10/h4-5,8-9H,6-7,16H2,1-3H3,(H,17,19)(H,18,21). The van der Waals surface area contributed by atoms with Crippen LogP contribution in [0.25, 0.3) is 10.9 Å². The van der Waals surface area contributed by atoms with Crippen molar-refractivity contribution < 1.29 is 4.79 Å². The van der Waals surface area contributed by atoms with Gasteiger partial charge in [-0.25, -0.2) is 4.79 Å². The zero-order valence-electron chi connectivity index (χ0n) is 12.6. The first-order valence-electron chi connectivity index (χ1n) is 6.83. The lowest BCUT2D eigenvalue weighted by molar-refractivity contribution is 0.218. The number of nitrogens with zero attached hydrogens (tertiary/aromatic N) is 2. The zero-order chi connectivity index (χ0) is 15.4. The number of pyridine rings is 1. The summed E-state index contributed by atoms with van der Waals surface area (Å²) in [5.74, 6) is 0. The number of aromatic nitrogens is 1. The van der Waals surface area contributed by atoms with Crippen molar-refractivity contribution in [3.63, 3.8) is 0 Å². The predicted octanol–water partition coefficient (Wildman–Crippen LogP) is 1.81. The number of aryl methyl sites for hydroxylation is 1. The SMILES string of the molecule is Cc1cc(NCCNC(=O)N(C)C)c2cc(N)ccc2n1. The van der Waals surface area contributed by atoms with Crippen LogP contribution in [0.4, 0.5) is 16.2 Å². The molecule has 4 N–H and O–H groups in total. The number of benzene rings is 1. The van der Waals surface area contributed by atoms with Crippen LogP contribution in [0.1, 0.15) is 5.69 Å². The highest BCUT2D eigenvalue weighted by Gasteiger charge is 2.05. The van der Waals surface area contributed by atoms with Gasteiger partial charge in [0.2, 0.25) is 0 Å². The zero-order valence-corrected chi connectivity index (χ0v) is 12.6. The second-order valence-corrected chi connectivity index (χ2v) is 5.14. The van der Waals surface area contributed by atoms with Crippen molar-refractivity contribution in [1.29, 1.82) is 0 Å². The number of hydrogen-bond acceptors (Lipinski definition) is 4. The van der Waals surface area contributed by atoms with Crippen molar-refractivity contribution in [3.05, 3.63) is 30.0 Å². The van der Waals surface area contributed by atoms with Gasteiger partial charge < -0.3 is 21.3 Å². The van der Waals surface area contributed by atoms with Crippen LogP contribution in [0.15, 0.2) is 24.3 Å². The van der Waals surface area contributed by atoms with Crippen molar-refractivity contribution in [2.75, 3.05) is 38.2 Å². The Bertz CT molecular complexity index is 654. The third-order valence-corrected chi connectivity index (χ3v) is 3.08. The Morgan fingerprint density at radius 1 is 1.29 bits per heavy atom. The molecule has 0 unspecified atom stereocenters. The van der Waals surface area contributed by atoms with Crippen LogP contribution in [0.3, 0.4) is 0 Å². The van der Waals surface area contributed by atoms with E-state index in [0.717, 1.165) is 22.3 Å². The number of rotatable bonds is 4. The number of carbonyl (C=O) groups excluding carboxylic acids is 1. The van der Waals surface area contributed by atoms with E-state index in [9.17, 15) is 4.79 Å². The molecule has 0 spiro atoms. The highest BCUT2D eigenvalue weighted by Crippen LogP contribution is 2.24. The number of urea groups is 1. The number of hydrogen-bond donors (Lipinski definition) is 3. The Labute approximate surface area is 124 Å². The van der Waals surface area contributed by atoms with Gasteiger partial charge in [0, 0.05) is 49.6 Å². The molecule has 6 nitrogen and oxygen atoms in total. The van der Waals surface area contributed by atoms with Gasteiger partial charge in [0.25, 0.3) is 0 Å². The Morgan fingerprint density at radius 2 is 2.05 bits per heavy atom. The van der Waals surface area contributed by atoms with E-state index in [1.165, 1.54) is 4.90 Å². The molecule has 0 bridgehead atoms. The lowest BCUT2D eigenvalue weighted by Gasteiger charge is -2.14. The molecule has 0 fully saturated rings. The van der Waals surface area contributed by atoms with Gasteiger partial charge in [-0.05, 0) is 31.2 Å². The monoisotopic (exact) mass is 287 g/mol. The first-order chi connectivity index (χ1) is 9.97. The summed E-state index contributed by atoms with van der Waals surface area (Å²) in [6.45, 7) is 3.13. The fraction of sp³-hybridized carbons (Fsp3) is 0.333. The number of nitrogens with one attached hydrogen (secondary N) is 2. The maximum atomic E-state index is 11.4. The normalized spacial score (nSPS) is 10.4. The van der Waals surface area contributed by atoms with E-state index in [2.05, 4.69) is 15.6 Å². The second kappa shape index (κ2) is 6.30. The molecule has 1 heterocycles. The molecule has 6 heteroatoms. The summed E-state index contributed by atoms with van der Waals surface area (Å²) in [7, 11) is 3.43. The van der Waals surface area contributed by atoms with Crippen LogP contribution < -0.4 is 16.4 Å². The van der Waals surface area contributed by atoms with Crippen LogP contribution in [-0.2, 0) is 0 Å². The molecule has 2 aromatic rings. The van der Waals surface area contributed by atoms with Gasteiger partial charge in [-0.15, -0.1) is 0 Å². The van der Waals surface area contributed by atoms with E-state index in [1.807, 2.05) is 31.2 Å². The Morgan fingerprint density at radius 3 is 2.76 bits per heavy atom. The highest BCUT2D eigenvalue weighted by molar-refractivity contribution is 5.93. The number of amides is 2. The Balaban J connectivity index is 2.07. The van der Waals surface area contributed by atoms with Crippen LogP contribution in [0.2, 0.25) is 0 Å².